The molecule has 0 heterocycles. The molecule has 0 amide bonds. The average molecular weight is 140 g/mol. The summed E-state index contributed by atoms with van der Waals surface area (Å²) < 4.78 is 0. The lowest BCUT2D eigenvalue weighted by atomic mass is 10.2. The van der Waals surface area contributed by atoms with E-state index in [9.17, 15) is 4.79 Å². The molecule has 1 fully saturated rings. The van der Waals surface area contributed by atoms with Crippen molar-refractivity contribution >= 4 is 5.97 Å². The molecule has 1 aliphatic carbocycles. The molecule has 0 spiro atoms. The number of carbonyl (C=O) groups is 1. The maximum Gasteiger partial charge on any atom is 0.327 e. The Morgan fingerprint density at radius 3 is 2.90 bits per heavy atom. The summed E-state index contributed by atoms with van der Waals surface area (Å²) >= 11 is 0. The highest BCUT2D eigenvalue weighted by Gasteiger charge is 2.32. The van der Waals surface area contributed by atoms with Gasteiger partial charge < -0.3 is 5.11 Å². The van der Waals surface area contributed by atoms with E-state index in [0.29, 0.717) is 5.92 Å². The van der Waals surface area contributed by atoms with Crippen molar-refractivity contribution in [3.8, 4) is 0 Å². The van der Waals surface area contributed by atoms with Crippen molar-refractivity contribution < 1.29 is 9.90 Å². The Kier molecular flexibility index (Phi) is 2.10. The van der Waals surface area contributed by atoms with E-state index in [4.69, 9.17) is 5.11 Å². The summed E-state index contributed by atoms with van der Waals surface area (Å²) in [4.78, 5) is 10.0. The quantitative estimate of drug-likeness (QED) is 0.605. The lowest BCUT2D eigenvalue weighted by molar-refractivity contribution is -0.131. The fourth-order valence-electron chi connectivity index (χ4n) is 1.18. The van der Waals surface area contributed by atoms with Gasteiger partial charge in [-0.3, -0.25) is 0 Å². The Labute approximate surface area is 60.6 Å². The molecule has 10 heavy (non-hydrogen) atoms. The molecule has 0 aromatic carbocycles. The van der Waals surface area contributed by atoms with Crippen LogP contribution < -0.4 is 0 Å². The van der Waals surface area contributed by atoms with E-state index in [1.54, 1.807) is 6.08 Å². The van der Waals surface area contributed by atoms with Gasteiger partial charge in [-0.05, 0) is 18.3 Å². The third kappa shape index (κ3) is 1.87. The standard InChI is InChI=1S/C8H12O2/c1-2-6-5-7(6)3-4-8(9)10/h3-4,6-7H,2,5H2,1H3,(H,9,10)/b4-3+/t6-,7-/m1/s1. The Morgan fingerprint density at radius 2 is 2.50 bits per heavy atom. The molecule has 0 aromatic heterocycles. The minimum Gasteiger partial charge on any atom is -0.478 e. The SMILES string of the molecule is CC[C@@H]1C[C@H]1/C=C/C(=O)O. The van der Waals surface area contributed by atoms with E-state index in [1.165, 1.54) is 18.9 Å². The zero-order chi connectivity index (χ0) is 7.56. The van der Waals surface area contributed by atoms with E-state index in [0.717, 1.165) is 5.92 Å². The average Bonchev–Trinajstić information content (AvgIpc) is 2.61. The fourth-order valence-corrected chi connectivity index (χ4v) is 1.18. The normalized spacial score (nSPS) is 30.9. The Balaban J connectivity index is 2.23. The Bertz CT molecular complexity index is 161. The molecule has 56 valence electrons. The summed E-state index contributed by atoms with van der Waals surface area (Å²) in [6, 6.07) is 0. The molecule has 0 unspecified atom stereocenters. The number of carboxylic acids is 1. The zero-order valence-corrected chi connectivity index (χ0v) is 6.08. The van der Waals surface area contributed by atoms with Crippen molar-refractivity contribution in [1.29, 1.82) is 0 Å². The first-order valence-electron chi connectivity index (χ1n) is 3.65. The summed E-state index contributed by atoms with van der Waals surface area (Å²) in [5, 5.41) is 8.26. The Morgan fingerprint density at radius 1 is 1.80 bits per heavy atom. The number of allylic oxidation sites excluding steroid dienone is 1. The molecule has 1 rings (SSSR count). The van der Waals surface area contributed by atoms with Gasteiger partial charge in [0, 0.05) is 6.08 Å². The summed E-state index contributed by atoms with van der Waals surface area (Å²) in [5.74, 6) is 0.485. The molecule has 1 N–H and O–H groups in total. The van der Waals surface area contributed by atoms with Crippen LogP contribution in [0.1, 0.15) is 19.8 Å². The van der Waals surface area contributed by atoms with E-state index >= 15 is 0 Å². The molecule has 0 bridgehead atoms. The second-order valence-electron chi connectivity index (χ2n) is 2.77. The monoisotopic (exact) mass is 140 g/mol. The molecule has 0 radical (unpaired) electrons. The van der Waals surface area contributed by atoms with Crippen molar-refractivity contribution in [3.05, 3.63) is 12.2 Å². The summed E-state index contributed by atoms with van der Waals surface area (Å²) in [5.41, 5.74) is 0. The molecule has 1 aliphatic rings. The van der Waals surface area contributed by atoms with Crippen LogP contribution in [0.25, 0.3) is 0 Å². The lowest BCUT2D eigenvalue weighted by Gasteiger charge is -1.84. The smallest absolute Gasteiger partial charge is 0.327 e. The first-order valence-corrected chi connectivity index (χ1v) is 3.65. The van der Waals surface area contributed by atoms with Crippen molar-refractivity contribution in [2.45, 2.75) is 19.8 Å². The van der Waals surface area contributed by atoms with Crippen molar-refractivity contribution in [2.24, 2.45) is 11.8 Å². The van der Waals surface area contributed by atoms with E-state index in [1.807, 2.05) is 0 Å². The van der Waals surface area contributed by atoms with Gasteiger partial charge in [-0.2, -0.15) is 0 Å². The Hall–Kier alpha value is -0.790. The van der Waals surface area contributed by atoms with Crippen LogP contribution in [0.5, 0.6) is 0 Å². The minimum absolute atomic E-state index is 0.557. The predicted molar refractivity (Wildman–Crippen MR) is 38.7 cm³/mol. The molecule has 2 heteroatoms. The van der Waals surface area contributed by atoms with Gasteiger partial charge in [0.05, 0.1) is 0 Å². The van der Waals surface area contributed by atoms with Gasteiger partial charge in [-0.1, -0.05) is 19.4 Å². The van der Waals surface area contributed by atoms with Crippen molar-refractivity contribution in [3.63, 3.8) is 0 Å². The van der Waals surface area contributed by atoms with Gasteiger partial charge in [0.2, 0.25) is 0 Å². The second kappa shape index (κ2) is 2.86. The predicted octanol–water partition coefficient (Wildman–Crippen LogP) is 1.67. The van der Waals surface area contributed by atoms with Gasteiger partial charge in [-0.15, -0.1) is 0 Å². The van der Waals surface area contributed by atoms with E-state index in [2.05, 4.69) is 6.92 Å². The molecular formula is C8H12O2. The van der Waals surface area contributed by atoms with Gasteiger partial charge in [0.1, 0.15) is 0 Å². The third-order valence-corrected chi connectivity index (χ3v) is 1.99. The lowest BCUT2D eigenvalue weighted by Crippen LogP contribution is -1.86. The van der Waals surface area contributed by atoms with E-state index in [-0.39, 0.29) is 0 Å². The number of hydrogen-bond acceptors (Lipinski definition) is 1. The van der Waals surface area contributed by atoms with Gasteiger partial charge in [0.25, 0.3) is 0 Å². The number of hydrogen-bond donors (Lipinski definition) is 1. The van der Waals surface area contributed by atoms with Crippen LogP contribution in [0, 0.1) is 11.8 Å². The molecular weight excluding hydrogens is 128 g/mol. The maximum atomic E-state index is 10.0. The molecule has 0 aliphatic heterocycles. The summed E-state index contributed by atoms with van der Waals surface area (Å²) in [6.45, 7) is 2.14. The van der Waals surface area contributed by atoms with Crippen LogP contribution in [-0.2, 0) is 4.79 Å². The molecule has 0 saturated heterocycles. The van der Waals surface area contributed by atoms with Crippen molar-refractivity contribution in [2.75, 3.05) is 0 Å². The first kappa shape index (κ1) is 7.32. The summed E-state index contributed by atoms with van der Waals surface area (Å²) in [7, 11) is 0. The first-order chi connectivity index (χ1) is 4.74. The van der Waals surface area contributed by atoms with Crippen LogP contribution >= 0.6 is 0 Å². The molecule has 2 nitrogen and oxygen atoms in total. The largest absolute Gasteiger partial charge is 0.478 e. The highest BCUT2D eigenvalue weighted by molar-refractivity contribution is 5.79. The number of rotatable bonds is 3. The van der Waals surface area contributed by atoms with E-state index < -0.39 is 5.97 Å². The second-order valence-corrected chi connectivity index (χ2v) is 2.77. The molecule has 2 atom stereocenters. The van der Waals surface area contributed by atoms with Crippen LogP contribution in [0.4, 0.5) is 0 Å². The summed E-state index contributed by atoms with van der Waals surface area (Å²) in [6.07, 6.45) is 5.41. The van der Waals surface area contributed by atoms with Gasteiger partial charge in [0.15, 0.2) is 0 Å². The van der Waals surface area contributed by atoms with Gasteiger partial charge in [-0.25, -0.2) is 4.79 Å². The number of carboxylic acid groups (broad SMARTS) is 1. The maximum absolute atomic E-state index is 10.0. The fraction of sp³-hybridized carbons (Fsp3) is 0.625. The van der Waals surface area contributed by atoms with Crippen LogP contribution in [0.3, 0.4) is 0 Å². The molecule has 0 aromatic rings. The highest BCUT2D eigenvalue weighted by Crippen LogP contribution is 2.41. The minimum atomic E-state index is -0.832. The van der Waals surface area contributed by atoms with Crippen molar-refractivity contribution in [1.82, 2.24) is 0 Å². The third-order valence-electron chi connectivity index (χ3n) is 1.99. The van der Waals surface area contributed by atoms with Crippen LogP contribution in [0.15, 0.2) is 12.2 Å². The zero-order valence-electron chi connectivity index (χ0n) is 6.08. The highest BCUT2D eigenvalue weighted by atomic mass is 16.4. The molecule has 1 saturated carbocycles. The van der Waals surface area contributed by atoms with Crippen LogP contribution in [0.2, 0.25) is 0 Å². The van der Waals surface area contributed by atoms with Crippen LogP contribution in [-0.4, -0.2) is 11.1 Å². The van der Waals surface area contributed by atoms with Gasteiger partial charge >= 0.3 is 5.97 Å². The number of aliphatic carboxylic acids is 1. The topological polar surface area (TPSA) is 37.3 Å².